The molecule has 0 atom stereocenters. The monoisotopic (exact) mass is 267 g/mol. The maximum atomic E-state index is 13.4. The van der Waals surface area contributed by atoms with Gasteiger partial charge in [-0.1, -0.05) is 20.8 Å². The molecule has 0 bridgehead atoms. The van der Waals surface area contributed by atoms with Crippen LogP contribution in [-0.2, 0) is 6.54 Å². The van der Waals surface area contributed by atoms with E-state index in [2.05, 4.69) is 42.9 Å². The zero-order valence-electron chi connectivity index (χ0n) is 12.5. The largest absolute Gasteiger partial charge is 0.357 e. The Kier molecular flexibility index (Phi) is 6.78. The minimum Gasteiger partial charge on any atom is -0.357 e. The summed E-state index contributed by atoms with van der Waals surface area (Å²) in [6.07, 6.45) is 2.37. The average molecular weight is 267 g/mol. The third-order valence-electron chi connectivity index (χ3n) is 2.95. The highest BCUT2D eigenvalue weighted by Crippen LogP contribution is 2.18. The Labute approximate surface area is 116 Å². The quantitative estimate of drug-likeness (QED) is 0.784. The van der Waals surface area contributed by atoms with E-state index in [9.17, 15) is 4.39 Å². The first-order valence-electron chi connectivity index (χ1n) is 7.18. The number of hydrogen-bond donors (Lipinski definition) is 1. The second-order valence-corrected chi connectivity index (χ2v) is 5.24. The lowest BCUT2D eigenvalue weighted by molar-refractivity contribution is 0.548. The summed E-state index contributed by atoms with van der Waals surface area (Å²) in [7, 11) is 0. The number of hydrogen-bond acceptors (Lipinski definition) is 3. The van der Waals surface area contributed by atoms with E-state index in [-0.39, 0.29) is 5.82 Å². The van der Waals surface area contributed by atoms with Crippen LogP contribution in [0.2, 0.25) is 0 Å². The molecule has 0 unspecified atom stereocenters. The van der Waals surface area contributed by atoms with Crippen LogP contribution in [0, 0.1) is 11.7 Å². The zero-order chi connectivity index (χ0) is 14.3. The van der Waals surface area contributed by atoms with E-state index >= 15 is 0 Å². The number of rotatable bonds is 8. The fraction of sp³-hybridized carbons (Fsp3) is 0.667. The molecule has 0 radical (unpaired) electrons. The lowest BCUT2D eigenvalue weighted by Crippen LogP contribution is -2.27. The van der Waals surface area contributed by atoms with E-state index in [1.807, 2.05) is 0 Å². The Hall–Kier alpha value is -1.16. The minimum atomic E-state index is -0.266. The van der Waals surface area contributed by atoms with Crippen molar-refractivity contribution in [2.45, 2.75) is 40.7 Å². The molecule has 0 saturated carbocycles. The lowest BCUT2D eigenvalue weighted by Gasteiger charge is -2.24. The summed E-state index contributed by atoms with van der Waals surface area (Å²) < 4.78 is 13.4. The van der Waals surface area contributed by atoms with Gasteiger partial charge in [-0.25, -0.2) is 9.37 Å². The van der Waals surface area contributed by atoms with Crippen molar-refractivity contribution in [1.82, 2.24) is 10.3 Å². The fourth-order valence-corrected chi connectivity index (χ4v) is 2.07. The first-order chi connectivity index (χ1) is 9.08. The minimum absolute atomic E-state index is 0.266. The van der Waals surface area contributed by atoms with Gasteiger partial charge < -0.3 is 10.2 Å². The Morgan fingerprint density at radius 2 is 2.11 bits per heavy atom. The van der Waals surface area contributed by atoms with Crippen molar-refractivity contribution in [2.24, 2.45) is 5.92 Å². The first kappa shape index (κ1) is 15.9. The van der Waals surface area contributed by atoms with Gasteiger partial charge in [-0.3, -0.25) is 0 Å². The molecule has 108 valence electrons. The van der Waals surface area contributed by atoms with Crippen LogP contribution < -0.4 is 10.2 Å². The summed E-state index contributed by atoms with van der Waals surface area (Å²) in [6.45, 7) is 12.0. The molecule has 1 N–H and O–H groups in total. The average Bonchev–Trinajstić information content (AvgIpc) is 2.36. The molecule has 0 saturated heterocycles. The molecule has 0 aromatic carbocycles. The third-order valence-corrected chi connectivity index (χ3v) is 2.95. The number of pyridine rings is 1. The molecule has 0 aliphatic carbocycles. The highest BCUT2D eigenvalue weighted by atomic mass is 19.1. The van der Waals surface area contributed by atoms with Crippen LogP contribution >= 0.6 is 0 Å². The standard InChI is InChI=1S/C15H26FN3/c1-5-7-19(6-2)15-13(8-14(16)11-18-15)10-17-9-12(3)4/h8,11-12,17H,5-7,9-10H2,1-4H3. The van der Waals surface area contributed by atoms with Gasteiger partial charge in [0.25, 0.3) is 0 Å². The van der Waals surface area contributed by atoms with Crippen LogP contribution in [-0.4, -0.2) is 24.6 Å². The number of halogens is 1. The second kappa shape index (κ2) is 8.10. The van der Waals surface area contributed by atoms with Crippen molar-refractivity contribution in [3.8, 4) is 0 Å². The fourth-order valence-electron chi connectivity index (χ4n) is 2.07. The maximum absolute atomic E-state index is 13.4. The van der Waals surface area contributed by atoms with Gasteiger partial charge in [0.1, 0.15) is 11.6 Å². The number of nitrogens with one attached hydrogen (secondary N) is 1. The Bertz CT molecular complexity index is 380. The summed E-state index contributed by atoms with van der Waals surface area (Å²) in [5.74, 6) is 1.22. The molecular weight excluding hydrogens is 241 g/mol. The first-order valence-corrected chi connectivity index (χ1v) is 7.18. The molecule has 19 heavy (non-hydrogen) atoms. The molecule has 4 heteroatoms. The van der Waals surface area contributed by atoms with E-state index in [0.717, 1.165) is 37.4 Å². The Morgan fingerprint density at radius 1 is 1.37 bits per heavy atom. The van der Waals surface area contributed by atoms with Crippen molar-refractivity contribution in [3.05, 3.63) is 23.6 Å². The predicted octanol–water partition coefficient (Wildman–Crippen LogP) is 3.20. The van der Waals surface area contributed by atoms with E-state index in [1.54, 1.807) is 6.07 Å². The van der Waals surface area contributed by atoms with Gasteiger partial charge in [0, 0.05) is 25.2 Å². The normalized spacial score (nSPS) is 11.1. The van der Waals surface area contributed by atoms with Crippen LogP contribution in [0.25, 0.3) is 0 Å². The van der Waals surface area contributed by atoms with Crippen LogP contribution in [0.4, 0.5) is 10.2 Å². The van der Waals surface area contributed by atoms with Crippen molar-refractivity contribution in [3.63, 3.8) is 0 Å². The molecule has 0 fully saturated rings. The van der Waals surface area contributed by atoms with Crippen molar-refractivity contribution >= 4 is 5.82 Å². The van der Waals surface area contributed by atoms with Crippen LogP contribution in [0.15, 0.2) is 12.3 Å². The second-order valence-electron chi connectivity index (χ2n) is 5.24. The summed E-state index contributed by atoms with van der Waals surface area (Å²) in [6, 6.07) is 1.59. The molecule has 1 rings (SSSR count). The molecule has 1 aromatic rings. The Balaban J connectivity index is 2.83. The zero-order valence-corrected chi connectivity index (χ0v) is 12.5. The van der Waals surface area contributed by atoms with E-state index in [0.29, 0.717) is 12.5 Å². The molecule has 1 aromatic heterocycles. The molecule has 0 amide bonds. The van der Waals surface area contributed by atoms with Gasteiger partial charge in [-0.05, 0) is 31.9 Å². The predicted molar refractivity (Wildman–Crippen MR) is 78.9 cm³/mol. The van der Waals surface area contributed by atoms with Gasteiger partial charge >= 0.3 is 0 Å². The van der Waals surface area contributed by atoms with Crippen molar-refractivity contribution in [1.29, 1.82) is 0 Å². The van der Waals surface area contributed by atoms with E-state index in [4.69, 9.17) is 0 Å². The molecule has 0 spiro atoms. The van der Waals surface area contributed by atoms with Gasteiger partial charge in [0.05, 0.1) is 6.20 Å². The van der Waals surface area contributed by atoms with E-state index in [1.165, 1.54) is 6.20 Å². The highest BCUT2D eigenvalue weighted by Gasteiger charge is 2.12. The van der Waals surface area contributed by atoms with E-state index < -0.39 is 0 Å². The summed E-state index contributed by atoms with van der Waals surface area (Å²) in [5.41, 5.74) is 0.941. The summed E-state index contributed by atoms with van der Waals surface area (Å²) in [5, 5.41) is 3.36. The van der Waals surface area contributed by atoms with Gasteiger partial charge in [-0.2, -0.15) is 0 Å². The lowest BCUT2D eigenvalue weighted by atomic mass is 10.2. The smallest absolute Gasteiger partial charge is 0.141 e. The topological polar surface area (TPSA) is 28.2 Å². The van der Waals surface area contributed by atoms with Gasteiger partial charge in [0.2, 0.25) is 0 Å². The van der Waals surface area contributed by atoms with Crippen molar-refractivity contribution < 1.29 is 4.39 Å². The van der Waals surface area contributed by atoms with Crippen LogP contribution in [0.3, 0.4) is 0 Å². The molecule has 3 nitrogen and oxygen atoms in total. The Morgan fingerprint density at radius 3 is 2.68 bits per heavy atom. The third kappa shape index (κ3) is 5.15. The number of anilines is 1. The molecular formula is C15H26FN3. The van der Waals surface area contributed by atoms with Crippen LogP contribution in [0.5, 0.6) is 0 Å². The summed E-state index contributed by atoms with van der Waals surface area (Å²) in [4.78, 5) is 6.48. The number of aromatic nitrogens is 1. The highest BCUT2D eigenvalue weighted by molar-refractivity contribution is 5.46. The molecule has 1 heterocycles. The SMILES string of the molecule is CCCN(CC)c1ncc(F)cc1CNCC(C)C. The van der Waals surface area contributed by atoms with Gasteiger partial charge in [0.15, 0.2) is 0 Å². The maximum Gasteiger partial charge on any atom is 0.141 e. The van der Waals surface area contributed by atoms with Crippen molar-refractivity contribution in [2.75, 3.05) is 24.5 Å². The molecule has 0 aliphatic rings. The van der Waals surface area contributed by atoms with Gasteiger partial charge in [-0.15, -0.1) is 0 Å². The molecule has 0 aliphatic heterocycles. The van der Waals surface area contributed by atoms with Crippen LogP contribution in [0.1, 0.15) is 39.7 Å². The number of nitrogens with zero attached hydrogens (tertiary/aromatic N) is 2. The summed E-state index contributed by atoms with van der Waals surface area (Å²) >= 11 is 0.